The van der Waals surface area contributed by atoms with Crippen LogP contribution in [-0.4, -0.2) is 9.38 Å². The van der Waals surface area contributed by atoms with Crippen molar-refractivity contribution in [2.24, 2.45) is 0 Å². The molecule has 0 radical (unpaired) electrons. The van der Waals surface area contributed by atoms with Gasteiger partial charge in [0.15, 0.2) is 0 Å². The van der Waals surface area contributed by atoms with Crippen LogP contribution in [0.5, 0.6) is 0 Å². The van der Waals surface area contributed by atoms with E-state index in [1.165, 1.54) is 11.1 Å². The Morgan fingerprint density at radius 2 is 1.90 bits per heavy atom. The van der Waals surface area contributed by atoms with Gasteiger partial charge >= 0.3 is 0 Å². The Morgan fingerprint density at radius 1 is 1.15 bits per heavy atom. The van der Waals surface area contributed by atoms with Crippen molar-refractivity contribution >= 4 is 27.1 Å². The first kappa shape index (κ1) is 13.2. The van der Waals surface area contributed by atoms with Crippen LogP contribution in [0, 0.1) is 13.8 Å². The molecule has 2 heterocycles. The number of pyridine rings is 1. The van der Waals surface area contributed by atoms with Gasteiger partial charge in [-0.25, -0.2) is 4.98 Å². The van der Waals surface area contributed by atoms with Crippen molar-refractivity contribution in [3.63, 3.8) is 0 Å². The highest BCUT2D eigenvalue weighted by Gasteiger charge is 2.07. The minimum Gasteiger partial charge on any atom is -0.378 e. The van der Waals surface area contributed by atoms with Crippen molar-refractivity contribution in [2.45, 2.75) is 20.4 Å². The van der Waals surface area contributed by atoms with Crippen LogP contribution in [0.3, 0.4) is 0 Å². The lowest BCUT2D eigenvalue weighted by Crippen LogP contribution is -2.04. The van der Waals surface area contributed by atoms with Gasteiger partial charge < -0.3 is 9.72 Å². The lowest BCUT2D eigenvalue weighted by atomic mass is 10.1. The Labute approximate surface area is 126 Å². The summed E-state index contributed by atoms with van der Waals surface area (Å²) in [5.41, 5.74) is 4.75. The lowest BCUT2D eigenvalue weighted by Gasteiger charge is -2.08. The van der Waals surface area contributed by atoms with E-state index in [4.69, 9.17) is 0 Å². The molecule has 3 rings (SSSR count). The Hall–Kier alpha value is -1.81. The van der Waals surface area contributed by atoms with Crippen molar-refractivity contribution in [2.75, 3.05) is 5.32 Å². The number of hydrogen-bond acceptors (Lipinski definition) is 2. The van der Waals surface area contributed by atoms with E-state index < -0.39 is 0 Å². The molecule has 3 nitrogen and oxygen atoms in total. The highest BCUT2D eigenvalue weighted by Crippen LogP contribution is 2.20. The zero-order valence-electron chi connectivity index (χ0n) is 11.5. The molecule has 2 aromatic heterocycles. The van der Waals surface area contributed by atoms with Crippen LogP contribution >= 0.6 is 15.9 Å². The zero-order chi connectivity index (χ0) is 14.1. The van der Waals surface area contributed by atoms with Crippen LogP contribution in [0.1, 0.15) is 17.0 Å². The summed E-state index contributed by atoms with van der Waals surface area (Å²) >= 11 is 3.51. The van der Waals surface area contributed by atoms with Crippen molar-refractivity contribution in [3.8, 4) is 0 Å². The van der Waals surface area contributed by atoms with E-state index in [2.05, 4.69) is 68.7 Å². The smallest absolute Gasteiger partial charge is 0.134 e. The average Bonchev–Trinajstić information content (AvgIpc) is 2.73. The molecule has 0 aliphatic carbocycles. The fourth-order valence-electron chi connectivity index (χ4n) is 2.44. The van der Waals surface area contributed by atoms with E-state index in [1.807, 2.05) is 18.3 Å². The number of aromatic nitrogens is 2. The van der Waals surface area contributed by atoms with Gasteiger partial charge in [-0.05, 0) is 65.2 Å². The molecule has 102 valence electrons. The molecule has 20 heavy (non-hydrogen) atoms. The summed E-state index contributed by atoms with van der Waals surface area (Å²) in [6, 6.07) is 12.6. The molecule has 0 saturated carbocycles. The third kappa shape index (κ3) is 2.56. The number of hydrogen-bond donors (Lipinski definition) is 1. The number of nitrogens with one attached hydrogen (secondary N) is 1. The van der Waals surface area contributed by atoms with Gasteiger partial charge in [0.25, 0.3) is 0 Å². The highest BCUT2D eigenvalue weighted by molar-refractivity contribution is 9.10. The average molecular weight is 330 g/mol. The SMILES string of the molecule is Cc1cc(C)cc(NCc2nc(Br)c3ccccn23)c1. The molecular weight excluding hydrogens is 314 g/mol. The van der Waals surface area contributed by atoms with Crippen LogP contribution in [-0.2, 0) is 6.54 Å². The van der Waals surface area contributed by atoms with E-state index in [0.29, 0.717) is 6.54 Å². The van der Waals surface area contributed by atoms with Gasteiger partial charge in [0.1, 0.15) is 10.4 Å². The number of halogens is 1. The van der Waals surface area contributed by atoms with E-state index in [1.54, 1.807) is 0 Å². The summed E-state index contributed by atoms with van der Waals surface area (Å²) in [6.07, 6.45) is 2.03. The summed E-state index contributed by atoms with van der Waals surface area (Å²) in [6.45, 7) is 4.92. The topological polar surface area (TPSA) is 29.3 Å². The monoisotopic (exact) mass is 329 g/mol. The van der Waals surface area contributed by atoms with E-state index in [-0.39, 0.29) is 0 Å². The maximum atomic E-state index is 4.57. The third-order valence-corrected chi connectivity index (χ3v) is 3.83. The fourth-order valence-corrected chi connectivity index (χ4v) is 2.97. The second-order valence-electron chi connectivity index (χ2n) is 5.00. The second kappa shape index (κ2) is 5.29. The molecule has 3 aromatic rings. The van der Waals surface area contributed by atoms with E-state index >= 15 is 0 Å². The van der Waals surface area contributed by atoms with Crippen LogP contribution < -0.4 is 5.32 Å². The third-order valence-electron chi connectivity index (χ3n) is 3.25. The van der Waals surface area contributed by atoms with Gasteiger partial charge in [-0.15, -0.1) is 0 Å². The molecule has 1 aromatic carbocycles. The lowest BCUT2D eigenvalue weighted by molar-refractivity contribution is 0.939. The van der Waals surface area contributed by atoms with Gasteiger partial charge in [0.05, 0.1) is 12.1 Å². The standard InChI is InChI=1S/C16H16BrN3/c1-11-7-12(2)9-13(8-11)18-10-15-19-16(17)14-5-3-4-6-20(14)15/h3-9,18H,10H2,1-2H3. The predicted molar refractivity (Wildman–Crippen MR) is 86.1 cm³/mol. The van der Waals surface area contributed by atoms with Crippen molar-refractivity contribution in [3.05, 3.63) is 64.1 Å². The molecular formula is C16H16BrN3. The van der Waals surface area contributed by atoms with Gasteiger partial charge in [0.2, 0.25) is 0 Å². The van der Waals surface area contributed by atoms with E-state index in [9.17, 15) is 0 Å². The minimum atomic E-state index is 0.694. The Bertz CT molecular complexity index is 741. The first-order chi connectivity index (χ1) is 9.63. The van der Waals surface area contributed by atoms with Gasteiger partial charge in [-0.2, -0.15) is 0 Å². The van der Waals surface area contributed by atoms with Crippen LogP contribution in [0.2, 0.25) is 0 Å². The molecule has 0 saturated heterocycles. The van der Waals surface area contributed by atoms with Crippen molar-refractivity contribution < 1.29 is 0 Å². The van der Waals surface area contributed by atoms with E-state index in [0.717, 1.165) is 21.6 Å². The molecule has 0 amide bonds. The molecule has 1 N–H and O–H groups in total. The first-order valence-electron chi connectivity index (χ1n) is 6.57. The normalized spacial score (nSPS) is 10.9. The first-order valence-corrected chi connectivity index (χ1v) is 7.36. The zero-order valence-corrected chi connectivity index (χ0v) is 13.1. The molecule has 0 bridgehead atoms. The summed E-state index contributed by atoms with van der Waals surface area (Å²) in [4.78, 5) is 4.57. The molecule has 0 unspecified atom stereocenters. The number of rotatable bonds is 3. The Kier molecular flexibility index (Phi) is 3.49. The molecule has 0 atom stereocenters. The quantitative estimate of drug-likeness (QED) is 0.775. The number of anilines is 1. The van der Waals surface area contributed by atoms with Gasteiger partial charge in [0, 0.05) is 11.9 Å². The summed E-state index contributed by atoms with van der Waals surface area (Å²) in [5.74, 6) is 0.992. The van der Waals surface area contributed by atoms with Crippen LogP contribution in [0.4, 0.5) is 5.69 Å². The highest BCUT2D eigenvalue weighted by atomic mass is 79.9. The van der Waals surface area contributed by atoms with Crippen molar-refractivity contribution in [1.29, 1.82) is 0 Å². The number of nitrogens with zero attached hydrogens (tertiary/aromatic N) is 2. The van der Waals surface area contributed by atoms with Gasteiger partial charge in [-0.1, -0.05) is 12.1 Å². The number of imidazole rings is 1. The predicted octanol–water partition coefficient (Wildman–Crippen LogP) is 4.33. The number of aryl methyl sites for hydroxylation is 2. The summed E-state index contributed by atoms with van der Waals surface area (Å²) in [5, 5.41) is 3.44. The summed E-state index contributed by atoms with van der Waals surface area (Å²) in [7, 11) is 0. The van der Waals surface area contributed by atoms with Crippen molar-refractivity contribution in [1.82, 2.24) is 9.38 Å². The summed E-state index contributed by atoms with van der Waals surface area (Å²) < 4.78 is 2.98. The largest absolute Gasteiger partial charge is 0.378 e. The maximum absolute atomic E-state index is 4.57. The van der Waals surface area contributed by atoms with Gasteiger partial charge in [-0.3, -0.25) is 0 Å². The molecule has 0 aliphatic heterocycles. The second-order valence-corrected chi connectivity index (χ2v) is 5.76. The Morgan fingerprint density at radius 3 is 2.65 bits per heavy atom. The van der Waals surface area contributed by atoms with Crippen LogP contribution in [0.15, 0.2) is 47.2 Å². The molecule has 0 spiro atoms. The maximum Gasteiger partial charge on any atom is 0.134 e. The Balaban J connectivity index is 1.87. The number of benzene rings is 1. The fraction of sp³-hybridized carbons (Fsp3) is 0.188. The molecule has 0 aliphatic rings. The molecule has 0 fully saturated rings. The minimum absolute atomic E-state index is 0.694. The number of fused-ring (bicyclic) bond motifs is 1. The molecule has 4 heteroatoms. The van der Waals surface area contributed by atoms with Crippen LogP contribution in [0.25, 0.3) is 5.52 Å².